The molecule has 17 heavy (non-hydrogen) atoms. The predicted molar refractivity (Wildman–Crippen MR) is 68.2 cm³/mol. The number of benzene rings is 1. The predicted octanol–water partition coefficient (Wildman–Crippen LogP) is 1.93. The average molecular weight is 252 g/mol. The molecule has 1 rings (SSSR count). The molecule has 0 bridgehead atoms. The van der Waals surface area contributed by atoms with Crippen molar-refractivity contribution in [3.8, 4) is 11.8 Å². The fourth-order valence-corrected chi connectivity index (χ4v) is 1.49. The van der Waals surface area contributed by atoms with Crippen molar-refractivity contribution in [2.45, 2.75) is 12.8 Å². The van der Waals surface area contributed by atoms with E-state index in [0.29, 0.717) is 10.6 Å². The zero-order valence-electron chi connectivity index (χ0n) is 9.59. The molecular weight excluding hydrogens is 238 g/mol. The maximum Gasteiger partial charge on any atom is 0.307 e. The Morgan fingerprint density at radius 2 is 2.29 bits per heavy atom. The van der Waals surface area contributed by atoms with Crippen LogP contribution in [0.4, 0.5) is 0 Å². The van der Waals surface area contributed by atoms with Gasteiger partial charge in [-0.1, -0.05) is 23.4 Å². The lowest BCUT2D eigenvalue weighted by Gasteiger charge is -2.01. The van der Waals surface area contributed by atoms with E-state index >= 15 is 0 Å². The van der Waals surface area contributed by atoms with Gasteiger partial charge in [-0.25, -0.2) is 0 Å². The van der Waals surface area contributed by atoms with Gasteiger partial charge in [0.05, 0.1) is 6.42 Å². The molecule has 1 aromatic carbocycles. The first-order valence-electron chi connectivity index (χ1n) is 5.27. The highest BCUT2D eigenvalue weighted by molar-refractivity contribution is 6.31. The number of aliphatic carboxylic acids is 1. The van der Waals surface area contributed by atoms with E-state index in [4.69, 9.17) is 16.7 Å². The molecule has 0 spiro atoms. The zero-order chi connectivity index (χ0) is 12.7. The van der Waals surface area contributed by atoms with Gasteiger partial charge >= 0.3 is 5.97 Å². The molecule has 4 heteroatoms. The van der Waals surface area contributed by atoms with E-state index in [2.05, 4.69) is 17.2 Å². The molecule has 0 atom stereocenters. The fraction of sp³-hybridized carbons (Fsp3) is 0.308. The van der Waals surface area contributed by atoms with Crippen LogP contribution in [-0.2, 0) is 11.2 Å². The highest BCUT2D eigenvalue weighted by Gasteiger charge is 2.05. The summed E-state index contributed by atoms with van der Waals surface area (Å²) in [6.45, 7) is 0.836. The van der Waals surface area contributed by atoms with Gasteiger partial charge < -0.3 is 10.4 Å². The molecule has 3 nitrogen and oxygen atoms in total. The van der Waals surface area contributed by atoms with Crippen LogP contribution < -0.4 is 5.32 Å². The monoisotopic (exact) mass is 251 g/mol. The standard InChI is InChI=1S/C13H14ClNO2/c1-15-7-3-2-4-10-5-6-12(14)11(8-10)9-13(16)17/h5-6,8,15H,3,7,9H2,1H3,(H,16,17). The second kappa shape index (κ2) is 6.95. The SMILES string of the molecule is CNCCC#Cc1ccc(Cl)c(CC(=O)O)c1. The van der Waals surface area contributed by atoms with E-state index in [9.17, 15) is 4.79 Å². The Balaban J connectivity index is 2.79. The summed E-state index contributed by atoms with van der Waals surface area (Å²) >= 11 is 5.90. The van der Waals surface area contributed by atoms with Crippen molar-refractivity contribution in [1.29, 1.82) is 0 Å². The van der Waals surface area contributed by atoms with Crippen LogP contribution in [0.2, 0.25) is 5.02 Å². The lowest BCUT2D eigenvalue weighted by Crippen LogP contribution is -2.05. The molecule has 1 aromatic rings. The number of halogens is 1. The smallest absolute Gasteiger partial charge is 0.307 e. The number of carbonyl (C=O) groups is 1. The van der Waals surface area contributed by atoms with Crippen LogP contribution in [0.5, 0.6) is 0 Å². The average Bonchev–Trinajstić information content (AvgIpc) is 2.28. The molecule has 0 aliphatic rings. The third-order valence-corrected chi connectivity index (χ3v) is 2.49. The quantitative estimate of drug-likeness (QED) is 0.635. The summed E-state index contributed by atoms with van der Waals surface area (Å²) in [5.41, 5.74) is 1.39. The fourth-order valence-electron chi connectivity index (χ4n) is 1.30. The number of carboxylic acid groups (broad SMARTS) is 1. The number of nitrogens with one attached hydrogen (secondary N) is 1. The van der Waals surface area contributed by atoms with Gasteiger partial charge in [-0.2, -0.15) is 0 Å². The molecule has 0 unspecified atom stereocenters. The molecule has 90 valence electrons. The van der Waals surface area contributed by atoms with Gasteiger partial charge in [0.2, 0.25) is 0 Å². The topological polar surface area (TPSA) is 49.3 Å². The second-order valence-electron chi connectivity index (χ2n) is 3.53. The van der Waals surface area contributed by atoms with Gasteiger partial charge in [-0.05, 0) is 30.8 Å². The lowest BCUT2D eigenvalue weighted by molar-refractivity contribution is -0.136. The zero-order valence-corrected chi connectivity index (χ0v) is 10.3. The minimum absolute atomic E-state index is 0.0785. The minimum Gasteiger partial charge on any atom is -0.481 e. The first kappa shape index (κ1) is 13.6. The van der Waals surface area contributed by atoms with Crippen molar-refractivity contribution < 1.29 is 9.90 Å². The van der Waals surface area contributed by atoms with Crippen LogP contribution in [0.25, 0.3) is 0 Å². The Morgan fingerprint density at radius 1 is 1.53 bits per heavy atom. The van der Waals surface area contributed by atoms with E-state index < -0.39 is 5.97 Å². The van der Waals surface area contributed by atoms with Gasteiger partial charge in [0, 0.05) is 23.6 Å². The van der Waals surface area contributed by atoms with Crippen LogP contribution in [0, 0.1) is 11.8 Å². The Kier molecular flexibility index (Phi) is 5.55. The van der Waals surface area contributed by atoms with E-state index in [-0.39, 0.29) is 6.42 Å². The van der Waals surface area contributed by atoms with Crippen molar-refractivity contribution in [1.82, 2.24) is 5.32 Å². The van der Waals surface area contributed by atoms with Crippen LogP contribution >= 0.6 is 11.6 Å². The van der Waals surface area contributed by atoms with E-state index in [1.54, 1.807) is 18.2 Å². The second-order valence-corrected chi connectivity index (χ2v) is 3.94. The highest BCUT2D eigenvalue weighted by Crippen LogP contribution is 2.17. The summed E-state index contributed by atoms with van der Waals surface area (Å²) in [6.07, 6.45) is 0.679. The summed E-state index contributed by atoms with van der Waals surface area (Å²) in [7, 11) is 1.87. The van der Waals surface area contributed by atoms with Gasteiger partial charge in [0.1, 0.15) is 0 Å². The number of hydrogen-bond acceptors (Lipinski definition) is 2. The largest absolute Gasteiger partial charge is 0.481 e. The van der Waals surface area contributed by atoms with E-state index in [0.717, 1.165) is 18.5 Å². The third-order valence-electron chi connectivity index (χ3n) is 2.12. The summed E-state index contributed by atoms with van der Waals surface area (Å²) in [5.74, 6) is 5.08. The summed E-state index contributed by atoms with van der Waals surface area (Å²) in [4.78, 5) is 10.6. The van der Waals surface area contributed by atoms with Crippen molar-refractivity contribution in [2.75, 3.05) is 13.6 Å². The molecular formula is C13H14ClNO2. The molecule has 0 aliphatic carbocycles. The molecule has 2 N–H and O–H groups in total. The van der Waals surface area contributed by atoms with E-state index in [1.807, 2.05) is 7.05 Å². The van der Waals surface area contributed by atoms with Gasteiger partial charge in [-0.15, -0.1) is 0 Å². The Hall–Kier alpha value is -1.50. The van der Waals surface area contributed by atoms with Crippen molar-refractivity contribution in [3.63, 3.8) is 0 Å². The summed E-state index contributed by atoms with van der Waals surface area (Å²) < 4.78 is 0. The first-order valence-corrected chi connectivity index (χ1v) is 5.65. The Bertz CT molecular complexity index is 460. The number of carboxylic acids is 1. The molecule has 0 aromatic heterocycles. The van der Waals surface area contributed by atoms with Gasteiger partial charge in [0.15, 0.2) is 0 Å². The third kappa shape index (κ3) is 4.90. The van der Waals surface area contributed by atoms with Crippen LogP contribution in [0.1, 0.15) is 17.5 Å². The number of rotatable bonds is 4. The Labute approximate surface area is 106 Å². The minimum atomic E-state index is -0.896. The maximum atomic E-state index is 10.6. The van der Waals surface area contributed by atoms with Crippen molar-refractivity contribution in [2.24, 2.45) is 0 Å². The van der Waals surface area contributed by atoms with Crippen LogP contribution in [0.3, 0.4) is 0 Å². The van der Waals surface area contributed by atoms with Gasteiger partial charge in [-0.3, -0.25) is 4.79 Å². The normalized spacial score (nSPS) is 9.53. The molecule has 0 saturated carbocycles. The maximum absolute atomic E-state index is 10.6. The van der Waals surface area contributed by atoms with Crippen LogP contribution in [0.15, 0.2) is 18.2 Å². The highest BCUT2D eigenvalue weighted by atomic mass is 35.5. The lowest BCUT2D eigenvalue weighted by atomic mass is 10.1. The van der Waals surface area contributed by atoms with Crippen LogP contribution in [-0.4, -0.2) is 24.7 Å². The summed E-state index contributed by atoms with van der Waals surface area (Å²) in [6, 6.07) is 5.20. The molecule has 0 fully saturated rings. The Morgan fingerprint density at radius 3 is 2.94 bits per heavy atom. The molecule has 0 radical (unpaired) electrons. The van der Waals surface area contributed by atoms with Crippen molar-refractivity contribution in [3.05, 3.63) is 34.3 Å². The molecule has 0 saturated heterocycles. The summed E-state index contributed by atoms with van der Waals surface area (Å²) in [5, 5.41) is 12.2. The molecule has 0 aliphatic heterocycles. The number of hydrogen-bond donors (Lipinski definition) is 2. The van der Waals surface area contributed by atoms with Gasteiger partial charge in [0.25, 0.3) is 0 Å². The first-order chi connectivity index (χ1) is 8.13. The van der Waals surface area contributed by atoms with Crippen molar-refractivity contribution >= 4 is 17.6 Å². The molecule has 0 amide bonds. The van der Waals surface area contributed by atoms with E-state index in [1.165, 1.54) is 0 Å². The molecule has 0 heterocycles.